The Kier molecular flexibility index (Phi) is 7.09. The Morgan fingerprint density at radius 1 is 1.14 bits per heavy atom. The molecule has 0 fully saturated rings. The maximum Gasteiger partial charge on any atom is 0.420 e. The fourth-order valence-electron chi connectivity index (χ4n) is 4.37. The minimum Gasteiger partial charge on any atom is -0.496 e. The molecule has 3 heterocycles. The Morgan fingerprint density at radius 2 is 1.91 bits per heavy atom. The van der Waals surface area contributed by atoms with Crippen LogP contribution in [-0.2, 0) is 24.3 Å². The number of oxazole rings is 1. The van der Waals surface area contributed by atoms with Crippen LogP contribution in [0.1, 0.15) is 36.3 Å². The molecule has 1 N–H and O–H groups in total. The second-order valence-electron chi connectivity index (χ2n) is 9.02. The van der Waals surface area contributed by atoms with Gasteiger partial charge in [0, 0.05) is 44.4 Å². The zero-order valence-electron chi connectivity index (χ0n) is 20.2. The van der Waals surface area contributed by atoms with Gasteiger partial charge in [-0.2, -0.15) is 0 Å². The second-order valence-corrected chi connectivity index (χ2v) is 9.02. The second kappa shape index (κ2) is 10.2. The van der Waals surface area contributed by atoms with Crippen molar-refractivity contribution >= 4 is 22.9 Å². The van der Waals surface area contributed by atoms with Crippen LogP contribution in [0, 0.1) is 5.92 Å². The summed E-state index contributed by atoms with van der Waals surface area (Å²) in [6.45, 7) is 5.29. The summed E-state index contributed by atoms with van der Waals surface area (Å²) in [7, 11) is 1.43. The lowest BCUT2D eigenvalue weighted by molar-refractivity contribution is -0.131. The van der Waals surface area contributed by atoms with Crippen molar-refractivity contribution in [3.63, 3.8) is 0 Å². The number of para-hydroxylation sites is 2. The summed E-state index contributed by atoms with van der Waals surface area (Å²) < 4.78 is 13.4. The van der Waals surface area contributed by atoms with E-state index >= 15 is 0 Å². The summed E-state index contributed by atoms with van der Waals surface area (Å²) in [5.41, 5.74) is 1.53. The van der Waals surface area contributed by atoms with Crippen LogP contribution in [0.5, 0.6) is 5.75 Å². The van der Waals surface area contributed by atoms with Crippen molar-refractivity contribution in [3.8, 4) is 5.75 Å². The molecule has 0 radical (unpaired) electrons. The number of amides is 2. The first-order chi connectivity index (χ1) is 16.8. The molecule has 1 aliphatic rings. The number of aromatic nitrogens is 2. The standard InChI is InChI=1S/C25H30N4O6/c1-16(2)8-10-26-24(32)23-18-9-11-27(12-13-28(18)21(30)14-20(23)34-3)22(31)15-29-17-6-4-5-7-19(17)35-25(29)33/h4-7,14,16H,8-13,15H2,1-3H3,(H,26,32). The molecule has 186 valence electrons. The third-order valence-electron chi connectivity index (χ3n) is 6.27. The molecule has 0 saturated heterocycles. The van der Waals surface area contributed by atoms with Crippen LogP contribution in [0.25, 0.3) is 11.1 Å². The summed E-state index contributed by atoms with van der Waals surface area (Å²) in [5, 5.41) is 2.92. The molecule has 0 atom stereocenters. The number of benzene rings is 1. The number of carbonyl (C=O) groups is 2. The van der Waals surface area contributed by atoms with Crippen LogP contribution in [-0.4, -0.2) is 52.6 Å². The fourth-order valence-corrected chi connectivity index (χ4v) is 4.37. The first-order valence-electron chi connectivity index (χ1n) is 11.7. The van der Waals surface area contributed by atoms with Crippen LogP contribution in [0.3, 0.4) is 0 Å². The van der Waals surface area contributed by atoms with Crippen molar-refractivity contribution in [2.45, 2.75) is 39.8 Å². The van der Waals surface area contributed by atoms with Gasteiger partial charge in [0.1, 0.15) is 17.9 Å². The summed E-state index contributed by atoms with van der Waals surface area (Å²) in [4.78, 5) is 52.9. The first-order valence-corrected chi connectivity index (χ1v) is 11.7. The molecule has 2 aromatic heterocycles. The first kappa shape index (κ1) is 24.3. The van der Waals surface area contributed by atoms with E-state index in [1.165, 1.54) is 22.3 Å². The van der Waals surface area contributed by atoms with Crippen LogP contribution < -0.4 is 21.4 Å². The molecule has 35 heavy (non-hydrogen) atoms. The number of pyridine rings is 1. The third kappa shape index (κ3) is 5.01. The van der Waals surface area contributed by atoms with Crippen molar-refractivity contribution in [3.05, 3.63) is 62.5 Å². The lowest BCUT2D eigenvalue weighted by atomic mass is 10.1. The zero-order chi connectivity index (χ0) is 25.1. The molecular weight excluding hydrogens is 452 g/mol. The summed E-state index contributed by atoms with van der Waals surface area (Å²) in [5.74, 6) is -0.512. The maximum absolute atomic E-state index is 13.1. The van der Waals surface area contributed by atoms with Crippen LogP contribution >= 0.6 is 0 Å². The predicted octanol–water partition coefficient (Wildman–Crippen LogP) is 1.63. The molecule has 2 amide bonds. The van der Waals surface area contributed by atoms with E-state index in [2.05, 4.69) is 19.2 Å². The van der Waals surface area contributed by atoms with Gasteiger partial charge in [-0.25, -0.2) is 4.79 Å². The Bertz CT molecular complexity index is 1370. The van der Waals surface area contributed by atoms with Gasteiger partial charge in [0.05, 0.1) is 12.6 Å². The average Bonchev–Trinajstić information content (AvgIpc) is 2.99. The van der Waals surface area contributed by atoms with Gasteiger partial charge in [0.2, 0.25) is 5.91 Å². The van der Waals surface area contributed by atoms with E-state index in [1.807, 2.05) is 0 Å². The normalized spacial score (nSPS) is 13.5. The minimum atomic E-state index is -0.598. The number of nitrogens with one attached hydrogen (secondary N) is 1. The molecule has 4 rings (SSSR count). The van der Waals surface area contributed by atoms with Gasteiger partial charge >= 0.3 is 5.76 Å². The van der Waals surface area contributed by atoms with E-state index < -0.39 is 5.76 Å². The molecule has 0 unspecified atom stereocenters. The van der Waals surface area contributed by atoms with Gasteiger partial charge in [0.25, 0.3) is 11.5 Å². The van der Waals surface area contributed by atoms with Gasteiger partial charge in [-0.1, -0.05) is 26.0 Å². The van der Waals surface area contributed by atoms with E-state index in [4.69, 9.17) is 9.15 Å². The lowest BCUT2D eigenvalue weighted by Gasteiger charge is -2.20. The molecule has 0 saturated carbocycles. The molecule has 0 aliphatic carbocycles. The average molecular weight is 483 g/mol. The Hall–Kier alpha value is -3.82. The lowest BCUT2D eigenvalue weighted by Crippen LogP contribution is -2.38. The minimum absolute atomic E-state index is 0.174. The number of hydrogen-bond acceptors (Lipinski definition) is 6. The van der Waals surface area contributed by atoms with Crippen LogP contribution in [0.2, 0.25) is 0 Å². The van der Waals surface area contributed by atoms with E-state index in [-0.39, 0.29) is 42.8 Å². The van der Waals surface area contributed by atoms with Crippen molar-refractivity contribution in [1.29, 1.82) is 0 Å². The number of fused-ring (bicyclic) bond motifs is 2. The molecule has 10 nitrogen and oxygen atoms in total. The number of rotatable bonds is 7. The monoisotopic (exact) mass is 482 g/mol. The van der Waals surface area contributed by atoms with E-state index in [9.17, 15) is 19.2 Å². The van der Waals surface area contributed by atoms with E-state index in [0.29, 0.717) is 47.8 Å². The number of carbonyl (C=O) groups excluding carboxylic acids is 2. The van der Waals surface area contributed by atoms with E-state index in [1.54, 1.807) is 29.2 Å². The topological polar surface area (TPSA) is 116 Å². The Balaban J connectivity index is 1.57. The van der Waals surface area contributed by atoms with Gasteiger partial charge in [-0.3, -0.25) is 19.0 Å². The highest BCUT2D eigenvalue weighted by atomic mass is 16.5. The molecule has 0 bridgehead atoms. The fraction of sp³-hybridized carbons (Fsp3) is 0.440. The zero-order valence-corrected chi connectivity index (χ0v) is 20.2. The molecular formula is C25H30N4O6. The smallest absolute Gasteiger partial charge is 0.420 e. The van der Waals surface area contributed by atoms with E-state index in [0.717, 1.165) is 6.42 Å². The molecule has 0 spiro atoms. The summed E-state index contributed by atoms with van der Waals surface area (Å²) in [6, 6.07) is 8.24. The summed E-state index contributed by atoms with van der Waals surface area (Å²) in [6.07, 6.45) is 1.12. The number of hydrogen-bond donors (Lipinski definition) is 1. The van der Waals surface area contributed by atoms with Crippen molar-refractivity contribution in [2.24, 2.45) is 5.92 Å². The van der Waals surface area contributed by atoms with Gasteiger partial charge in [0.15, 0.2) is 5.58 Å². The van der Waals surface area contributed by atoms with Crippen molar-refractivity contribution < 1.29 is 18.7 Å². The SMILES string of the molecule is COc1cc(=O)n2c(c1C(=O)NCCC(C)C)CCN(C(=O)Cn1c(=O)oc3ccccc31)CC2. The highest BCUT2D eigenvalue weighted by molar-refractivity contribution is 5.98. The predicted molar refractivity (Wildman–Crippen MR) is 130 cm³/mol. The number of methoxy groups -OCH3 is 1. The number of nitrogens with zero attached hydrogens (tertiary/aromatic N) is 3. The largest absolute Gasteiger partial charge is 0.496 e. The molecule has 10 heteroatoms. The van der Waals surface area contributed by atoms with Crippen LogP contribution in [0.4, 0.5) is 0 Å². The van der Waals surface area contributed by atoms with Crippen molar-refractivity contribution in [1.82, 2.24) is 19.4 Å². The van der Waals surface area contributed by atoms with Gasteiger partial charge in [-0.05, 0) is 24.5 Å². The Labute approximate surface area is 202 Å². The molecule has 1 aliphatic heterocycles. The van der Waals surface area contributed by atoms with Gasteiger partial charge in [-0.15, -0.1) is 0 Å². The van der Waals surface area contributed by atoms with Gasteiger partial charge < -0.3 is 23.9 Å². The maximum atomic E-state index is 13.1. The molecule has 1 aromatic carbocycles. The Morgan fingerprint density at radius 3 is 2.66 bits per heavy atom. The molecule has 3 aromatic rings. The summed E-state index contributed by atoms with van der Waals surface area (Å²) >= 11 is 0. The third-order valence-corrected chi connectivity index (χ3v) is 6.27. The highest BCUT2D eigenvalue weighted by Crippen LogP contribution is 2.23. The van der Waals surface area contributed by atoms with Crippen molar-refractivity contribution in [2.75, 3.05) is 26.7 Å². The van der Waals surface area contributed by atoms with Crippen LogP contribution in [0.15, 0.2) is 44.3 Å². The highest BCUT2D eigenvalue weighted by Gasteiger charge is 2.27. The quantitative estimate of drug-likeness (QED) is 0.547. The number of ether oxygens (including phenoxy) is 1.